The van der Waals surface area contributed by atoms with Gasteiger partial charge in [-0.3, -0.25) is 4.98 Å². The first kappa shape index (κ1) is 16.5. The van der Waals surface area contributed by atoms with Crippen molar-refractivity contribution in [3.05, 3.63) is 89.5 Å². The molecule has 5 aromatic rings. The van der Waals surface area contributed by atoms with Gasteiger partial charge in [-0.05, 0) is 52.0 Å². The third kappa shape index (κ3) is 2.80. The summed E-state index contributed by atoms with van der Waals surface area (Å²) in [6.45, 7) is 0. The van der Waals surface area contributed by atoms with E-state index in [-0.39, 0.29) is 0 Å². The van der Waals surface area contributed by atoms with Crippen LogP contribution in [0.15, 0.2) is 84.2 Å². The van der Waals surface area contributed by atoms with Crippen LogP contribution in [0.25, 0.3) is 32.9 Å². The largest absolute Gasteiger partial charge is 0.264 e. The Morgan fingerprint density at radius 3 is 2.32 bits per heavy atom. The molecular weight excluding hydrogens is 366 g/mol. The second kappa shape index (κ2) is 6.83. The van der Waals surface area contributed by atoms with E-state index in [2.05, 4.69) is 50.6 Å². The Labute approximate surface area is 166 Å². The molecule has 0 aliphatic rings. The first-order valence-electron chi connectivity index (χ1n) is 8.84. The third-order valence-corrected chi connectivity index (χ3v) is 4.95. The van der Waals surface area contributed by atoms with Gasteiger partial charge in [0, 0.05) is 23.5 Å². The van der Waals surface area contributed by atoms with Gasteiger partial charge < -0.3 is 0 Å². The number of aromatic amines is 1. The van der Waals surface area contributed by atoms with Gasteiger partial charge in [-0.2, -0.15) is 14.9 Å². The lowest BCUT2D eigenvalue weighted by atomic mass is 9.97. The molecule has 0 aliphatic carbocycles. The fraction of sp³-hybridized carbons (Fsp3) is 0. The zero-order valence-corrected chi connectivity index (χ0v) is 15.6. The number of rotatable bonds is 3. The van der Waals surface area contributed by atoms with Crippen molar-refractivity contribution in [2.45, 2.75) is 0 Å². The molecule has 1 N–H and O–H groups in total. The molecule has 0 unspecified atom stereocenters. The third-order valence-electron chi connectivity index (χ3n) is 4.69. The van der Waals surface area contributed by atoms with E-state index in [1.807, 2.05) is 42.6 Å². The maximum atomic E-state index is 5.39. The summed E-state index contributed by atoms with van der Waals surface area (Å²) in [5.41, 5.74) is 1.89. The van der Waals surface area contributed by atoms with E-state index in [4.69, 9.17) is 12.2 Å². The highest BCUT2D eigenvalue weighted by atomic mass is 32.1. The number of pyridine rings is 1. The molecule has 0 spiro atoms. The van der Waals surface area contributed by atoms with Gasteiger partial charge in [0.1, 0.15) is 0 Å². The predicted molar refractivity (Wildman–Crippen MR) is 115 cm³/mol. The molecule has 0 fully saturated rings. The normalized spacial score (nSPS) is 11.6. The lowest BCUT2D eigenvalue weighted by molar-refractivity contribution is 0.871. The van der Waals surface area contributed by atoms with Crippen LogP contribution in [0.3, 0.4) is 0 Å². The minimum absolute atomic E-state index is 0.430. The summed E-state index contributed by atoms with van der Waals surface area (Å²) in [6.07, 6.45) is 5.32. The summed E-state index contributed by atoms with van der Waals surface area (Å²) in [6, 6.07) is 22.6. The molecule has 0 bridgehead atoms. The Hall–Kier alpha value is -3.64. The van der Waals surface area contributed by atoms with Gasteiger partial charge in [-0.25, -0.2) is 5.10 Å². The van der Waals surface area contributed by atoms with Crippen LogP contribution in [0, 0.1) is 4.77 Å². The monoisotopic (exact) mass is 381 g/mol. The van der Waals surface area contributed by atoms with Gasteiger partial charge in [-0.1, -0.05) is 48.5 Å². The Kier molecular flexibility index (Phi) is 4.03. The van der Waals surface area contributed by atoms with Gasteiger partial charge in [0.15, 0.2) is 5.82 Å². The number of aromatic nitrogens is 4. The number of nitrogens with one attached hydrogen (secondary N) is 1. The SMILES string of the molecule is S=c1[nH]nc(-c2cccnc2)n1N=Cc1c2ccccc2cc2ccccc12. The fourth-order valence-electron chi connectivity index (χ4n) is 3.38. The first-order valence-corrected chi connectivity index (χ1v) is 9.25. The van der Waals surface area contributed by atoms with Gasteiger partial charge in [-0.15, -0.1) is 0 Å². The molecule has 3 aromatic carbocycles. The summed E-state index contributed by atoms with van der Waals surface area (Å²) >= 11 is 5.39. The maximum Gasteiger partial charge on any atom is 0.216 e. The van der Waals surface area contributed by atoms with E-state index in [1.165, 1.54) is 10.8 Å². The van der Waals surface area contributed by atoms with Crippen molar-refractivity contribution in [3.63, 3.8) is 0 Å². The Bertz CT molecular complexity index is 1330. The minimum atomic E-state index is 0.430. The van der Waals surface area contributed by atoms with Gasteiger partial charge in [0.05, 0.1) is 6.21 Å². The summed E-state index contributed by atoms with van der Waals surface area (Å²) in [5, 5.41) is 16.4. The number of hydrogen-bond donors (Lipinski definition) is 1. The average molecular weight is 381 g/mol. The molecule has 0 amide bonds. The zero-order valence-electron chi connectivity index (χ0n) is 14.8. The molecule has 28 heavy (non-hydrogen) atoms. The molecule has 0 atom stereocenters. The quantitative estimate of drug-likeness (QED) is 0.266. The van der Waals surface area contributed by atoms with Gasteiger partial charge >= 0.3 is 0 Å². The molecule has 5 nitrogen and oxygen atoms in total. The minimum Gasteiger partial charge on any atom is -0.264 e. The number of H-pyrrole nitrogens is 1. The number of nitrogens with zero attached hydrogens (tertiary/aromatic N) is 4. The molecular formula is C22H15N5S. The van der Waals surface area contributed by atoms with E-state index in [0.717, 1.165) is 21.9 Å². The molecule has 0 saturated heterocycles. The number of fused-ring (bicyclic) bond motifs is 2. The predicted octanol–water partition coefficient (Wildman–Crippen LogP) is 5.19. The van der Waals surface area contributed by atoms with Crippen LogP contribution in [0.5, 0.6) is 0 Å². The van der Waals surface area contributed by atoms with Crippen LogP contribution < -0.4 is 0 Å². The topological polar surface area (TPSA) is 58.9 Å². The van der Waals surface area contributed by atoms with Crippen LogP contribution >= 0.6 is 12.2 Å². The van der Waals surface area contributed by atoms with Crippen LogP contribution in [0.1, 0.15) is 5.56 Å². The van der Waals surface area contributed by atoms with Crippen LogP contribution in [-0.4, -0.2) is 26.1 Å². The highest BCUT2D eigenvalue weighted by molar-refractivity contribution is 7.71. The second-order valence-electron chi connectivity index (χ2n) is 6.38. The van der Waals surface area contributed by atoms with Gasteiger partial charge in [0.25, 0.3) is 0 Å². The molecule has 134 valence electrons. The van der Waals surface area contributed by atoms with E-state index < -0.39 is 0 Å². The average Bonchev–Trinajstić information content (AvgIpc) is 3.12. The van der Waals surface area contributed by atoms with Crippen molar-refractivity contribution in [2.24, 2.45) is 5.10 Å². The second-order valence-corrected chi connectivity index (χ2v) is 6.77. The maximum absolute atomic E-state index is 5.39. The lowest BCUT2D eigenvalue weighted by Gasteiger charge is -2.08. The standard InChI is InChI=1S/C22H15N5S/c28-22-26-25-21(17-8-5-11-23-13-17)27(22)24-14-20-18-9-3-1-6-15(18)12-16-7-2-4-10-19(16)20/h1-14H,(H,26,28). The Morgan fingerprint density at radius 1 is 0.929 bits per heavy atom. The van der Waals surface area contributed by atoms with Crippen LogP contribution in [0.4, 0.5) is 0 Å². The molecule has 6 heteroatoms. The van der Waals surface area contributed by atoms with E-state index in [9.17, 15) is 0 Å². The van der Waals surface area contributed by atoms with Crippen molar-refractivity contribution in [1.82, 2.24) is 19.9 Å². The van der Waals surface area contributed by atoms with Gasteiger partial charge in [0.2, 0.25) is 4.77 Å². The van der Waals surface area contributed by atoms with Crippen molar-refractivity contribution < 1.29 is 0 Å². The molecule has 5 rings (SSSR count). The van der Waals surface area contributed by atoms with Crippen LogP contribution in [-0.2, 0) is 0 Å². The number of hydrogen-bond acceptors (Lipinski definition) is 4. The summed E-state index contributed by atoms with van der Waals surface area (Å²) in [4.78, 5) is 4.16. The summed E-state index contributed by atoms with van der Waals surface area (Å²) in [5.74, 6) is 0.624. The Morgan fingerprint density at radius 2 is 1.64 bits per heavy atom. The first-order chi connectivity index (χ1) is 13.8. The highest BCUT2D eigenvalue weighted by Gasteiger charge is 2.09. The van der Waals surface area contributed by atoms with E-state index in [0.29, 0.717) is 10.6 Å². The molecule has 0 saturated carbocycles. The lowest BCUT2D eigenvalue weighted by Crippen LogP contribution is -1.96. The van der Waals surface area contributed by atoms with Crippen molar-refractivity contribution >= 4 is 40.0 Å². The fourth-order valence-corrected chi connectivity index (χ4v) is 3.56. The van der Waals surface area contributed by atoms with Crippen LogP contribution in [0.2, 0.25) is 0 Å². The smallest absolute Gasteiger partial charge is 0.216 e. The highest BCUT2D eigenvalue weighted by Crippen LogP contribution is 2.27. The number of benzene rings is 3. The zero-order chi connectivity index (χ0) is 18.9. The summed E-state index contributed by atoms with van der Waals surface area (Å²) < 4.78 is 2.06. The van der Waals surface area contributed by atoms with Crippen molar-refractivity contribution in [2.75, 3.05) is 0 Å². The molecule has 0 aliphatic heterocycles. The molecule has 2 heterocycles. The van der Waals surface area contributed by atoms with Crippen molar-refractivity contribution in [1.29, 1.82) is 0 Å². The van der Waals surface area contributed by atoms with Crippen molar-refractivity contribution in [3.8, 4) is 11.4 Å². The van der Waals surface area contributed by atoms with E-state index in [1.54, 1.807) is 17.1 Å². The van der Waals surface area contributed by atoms with E-state index >= 15 is 0 Å². The molecule has 2 aromatic heterocycles. The summed E-state index contributed by atoms with van der Waals surface area (Å²) in [7, 11) is 0. The molecule has 0 radical (unpaired) electrons. The Balaban J connectivity index is 1.72.